The Labute approximate surface area is 154 Å². The van der Waals surface area contributed by atoms with E-state index >= 15 is 0 Å². The van der Waals surface area contributed by atoms with Gasteiger partial charge in [-0.05, 0) is 51.0 Å². The molecule has 1 aromatic heterocycles. The van der Waals surface area contributed by atoms with Gasteiger partial charge in [0, 0.05) is 25.4 Å². The lowest BCUT2D eigenvalue weighted by molar-refractivity contribution is 0.129. The highest BCUT2D eigenvalue weighted by Crippen LogP contribution is 2.24. The molecule has 0 saturated carbocycles. The number of hydrogen-bond acceptors (Lipinski definition) is 6. The average Bonchev–Trinajstić information content (AvgIpc) is 2.63. The fourth-order valence-corrected chi connectivity index (χ4v) is 4.35. The zero-order chi connectivity index (χ0) is 18.6. The van der Waals surface area contributed by atoms with Crippen LogP contribution in [0.3, 0.4) is 0 Å². The molecule has 26 heavy (non-hydrogen) atoms. The third-order valence-electron chi connectivity index (χ3n) is 4.21. The molecular formula is C18H23N3O4S. The van der Waals surface area contributed by atoms with Crippen LogP contribution >= 0.6 is 0 Å². The van der Waals surface area contributed by atoms with Crippen LogP contribution in [0.25, 0.3) is 0 Å². The smallest absolute Gasteiger partial charge is 0.243 e. The Hall–Kier alpha value is -2.19. The quantitative estimate of drug-likeness (QED) is 0.769. The molecule has 8 heteroatoms. The lowest BCUT2D eigenvalue weighted by atomic mass is 10.1. The summed E-state index contributed by atoms with van der Waals surface area (Å²) in [6.07, 6.45) is 2.86. The molecule has 1 aliphatic heterocycles. The second kappa shape index (κ2) is 8.01. The van der Waals surface area contributed by atoms with E-state index in [4.69, 9.17) is 9.47 Å². The number of aryl methyl sites for hydroxylation is 1. The van der Waals surface area contributed by atoms with Crippen LogP contribution in [0.5, 0.6) is 11.6 Å². The Morgan fingerprint density at radius 3 is 2.46 bits per heavy atom. The predicted octanol–water partition coefficient (Wildman–Crippen LogP) is 2.42. The molecule has 3 rings (SSSR count). The van der Waals surface area contributed by atoms with Gasteiger partial charge in [0.05, 0.1) is 11.5 Å². The first-order valence-corrected chi connectivity index (χ1v) is 10.1. The van der Waals surface area contributed by atoms with E-state index in [1.807, 2.05) is 6.92 Å². The van der Waals surface area contributed by atoms with Gasteiger partial charge in [-0.2, -0.15) is 9.29 Å². The first-order chi connectivity index (χ1) is 12.5. The molecule has 2 heterocycles. The van der Waals surface area contributed by atoms with Crippen molar-refractivity contribution in [3.8, 4) is 11.6 Å². The van der Waals surface area contributed by atoms with Crippen LogP contribution in [0.2, 0.25) is 0 Å². The normalized spacial score (nSPS) is 16.4. The second-order valence-corrected chi connectivity index (χ2v) is 8.01. The van der Waals surface area contributed by atoms with Crippen molar-refractivity contribution < 1.29 is 17.9 Å². The topological polar surface area (TPSA) is 81.6 Å². The van der Waals surface area contributed by atoms with Crippen LogP contribution in [0.4, 0.5) is 0 Å². The maximum atomic E-state index is 12.8. The van der Waals surface area contributed by atoms with Gasteiger partial charge in [0.15, 0.2) is 0 Å². The highest BCUT2D eigenvalue weighted by molar-refractivity contribution is 7.89. The summed E-state index contributed by atoms with van der Waals surface area (Å²) < 4.78 is 38.3. The molecule has 0 aliphatic carbocycles. The van der Waals surface area contributed by atoms with Crippen LogP contribution in [0.15, 0.2) is 41.4 Å². The first-order valence-electron chi connectivity index (χ1n) is 8.68. The standard InChI is InChI=1S/C18H23N3O4S/c1-3-24-15-4-6-17(7-5-15)26(22,23)21-12-9-16(10-13-21)25-18-8-11-19-14(2)20-18/h4-8,11,16H,3,9-10,12-13H2,1-2H3. The zero-order valence-corrected chi connectivity index (χ0v) is 15.8. The van der Waals surface area contributed by atoms with Crippen molar-refractivity contribution in [3.05, 3.63) is 42.4 Å². The van der Waals surface area contributed by atoms with Crippen molar-refractivity contribution in [2.24, 2.45) is 0 Å². The Kier molecular flexibility index (Phi) is 5.73. The number of benzene rings is 1. The summed E-state index contributed by atoms with van der Waals surface area (Å²) in [5, 5.41) is 0. The number of sulfonamides is 1. The molecular weight excluding hydrogens is 354 g/mol. The van der Waals surface area contributed by atoms with E-state index < -0.39 is 10.0 Å². The van der Waals surface area contributed by atoms with Gasteiger partial charge in [-0.25, -0.2) is 13.4 Å². The van der Waals surface area contributed by atoms with E-state index in [1.165, 1.54) is 4.31 Å². The second-order valence-electron chi connectivity index (χ2n) is 6.07. The highest BCUT2D eigenvalue weighted by atomic mass is 32.2. The number of hydrogen-bond donors (Lipinski definition) is 0. The van der Waals surface area contributed by atoms with E-state index in [1.54, 1.807) is 43.5 Å². The Balaban J connectivity index is 1.61. The number of rotatable bonds is 6. The minimum atomic E-state index is -3.50. The number of ether oxygens (including phenoxy) is 2. The molecule has 1 aliphatic rings. The van der Waals surface area contributed by atoms with E-state index in [0.29, 0.717) is 50.0 Å². The summed E-state index contributed by atoms with van der Waals surface area (Å²) in [7, 11) is -3.50. The molecule has 1 aromatic carbocycles. The molecule has 1 saturated heterocycles. The summed E-state index contributed by atoms with van der Waals surface area (Å²) in [6, 6.07) is 8.27. The third-order valence-corrected chi connectivity index (χ3v) is 6.12. The Morgan fingerprint density at radius 1 is 1.15 bits per heavy atom. The fourth-order valence-electron chi connectivity index (χ4n) is 2.88. The molecule has 140 valence electrons. The Bertz CT molecular complexity index is 832. The highest BCUT2D eigenvalue weighted by Gasteiger charge is 2.30. The van der Waals surface area contributed by atoms with Crippen LogP contribution in [-0.2, 0) is 10.0 Å². The summed E-state index contributed by atoms with van der Waals surface area (Å²) in [5.74, 6) is 1.85. The van der Waals surface area contributed by atoms with Gasteiger partial charge in [0.2, 0.25) is 15.9 Å². The average molecular weight is 377 g/mol. The molecule has 0 N–H and O–H groups in total. The van der Waals surface area contributed by atoms with Crippen LogP contribution < -0.4 is 9.47 Å². The minimum Gasteiger partial charge on any atom is -0.494 e. The van der Waals surface area contributed by atoms with Gasteiger partial charge in [-0.3, -0.25) is 0 Å². The SMILES string of the molecule is CCOc1ccc(S(=O)(=O)N2CCC(Oc3ccnc(C)n3)CC2)cc1. The van der Waals surface area contributed by atoms with Crippen molar-refractivity contribution in [1.82, 2.24) is 14.3 Å². The molecule has 0 spiro atoms. The Morgan fingerprint density at radius 2 is 1.85 bits per heavy atom. The van der Waals surface area contributed by atoms with Crippen LogP contribution in [0.1, 0.15) is 25.6 Å². The number of nitrogens with zero attached hydrogens (tertiary/aromatic N) is 3. The van der Waals surface area contributed by atoms with Gasteiger partial charge in [0.1, 0.15) is 17.7 Å². The largest absolute Gasteiger partial charge is 0.494 e. The van der Waals surface area contributed by atoms with Gasteiger partial charge < -0.3 is 9.47 Å². The monoisotopic (exact) mass is 377 g/mol. The molecule has 0 unspecified atom stereocenters. The summed E-state index contributed by atoms with van der Waals surface area (Å²) in [6.45, 7) is 5.08. The van der Waals surface area contributed by atoms with Gasteiger partial charge in [-0.1, -0.05) is 0 Å². The third kappa shape index (κ3) is 4.31. The lowest BCUT2D eigenvalue weighted by Crippen LogP contribution is -2.41. The molecule has 0 atom stereocenters. The van der Waals surface area contributed by atoms with Crippen molar-refractivity contribution in [1.29, 1.82) is 0 Å². The maximum Gasteiger partial charge on any atom is 0.243 e. The van der Waals surface area contributed by atoms with Crippen molar-refractivity contribution >= 4 is 10.0 Å². The first kappa shape index (κ1) is 18.6. The molecule has 0 radical (unpaired) electrons. The zero-order valence-electron chi connectivity index (χ0n) is 15.0. The predicted molar refractivity (Wildman–Crippen MR) is 96.8 cm³/mol. The molecule has 0 amide bonds. The van der Waals surface area contributed by atoms with E-state index in [-0.39, 0.29) is 11.0 Å². The van der Waals surface area contributed by atoms with Gasteiger partial charge >= 0.3 is 0 Å². The van der Waals surface area contributed by atoms with Crippen LogP contribution in [0, 0.1) is 6.92 Å². The summed E-state index contributed by atoms with van der Waals surface area (Å²) in [4.78, 5) is 8.55. The molecule has 2 aromatic rings. The minimum absolute atomic E-state index is 0.0453. The van der Waals surface area contributed by atoms with Crippen LogP contribution in [-0.4, -0.2) is 48.5 Å². The van der Waals surface area contributed by atoms with E-state index in [2.05, 4.69) is 9.97 Å². The molecule has 0 bridgehead atoms. The van der Waals surface area contributed by atoms with E-state index in [0.717, 1.165) is 0 Å². The summed E-state index contributed by atoms with van der Waals surface area (Å²) in [5.41, 5.74) is 0. The van der Waals surface area contributed by atoms with Gasteiger partial charge in [-0.15, -0.1) is 0 Å². The maximum absolute atomic E-state index is 12.8. The fraction of sp³-hybridized carbons (Fsp3) is 0.444. The summed E-state index contributed by atoms with van der Waals surface area (Å²) >= 11 is 0. The van der Waals surface area contributed by atoms with Gasteiger partial charge in [0.25, 0.3) is 0 Å². The van der Waals surface area contributed by atoms with E-state index in [9.17, 15) is 8.42 Å². The molecule has 1 fully saturated rings. The number of aromatic nitrogens is 2. The molecule has 7 nitrogen and oxygen atoms in total. The lowest BCUT2D eigenvalue weighted by Gasteiger charge is -2.31. The van der Waals surface area contributed by atoms with Crippen molar-refractivity contribution in [3.63, 3.8) is 0 Å². The number of piperidine rings is 1. The van der Waals surface area contributed by atoms with Crippen molar-refractivity contribution in [2.75, 3.05) is 19.7 Å². The van der Waals surface area contributed by atoms with Crippen molar-refractivity contribution in [2.45, 2.75) is 37.7 Å².